The number of nitrogens with zero attached hydrogens (tertiary/aromatic N) is 3. The molecule has 3 heterocycles. The Labute approximate surface area is 126 Å². The fourth-order valence-electron chi connectivity index (χ4n) is 3.42. The Morgan fingerprint density at radius 3 is 3.00 bits per heavy atom. The number of hydrogen-bond acceptors (Lipinski definition) is 5. The molecule has 0 bridgehead atoms. The van der Waals surface area contributed by atoms with E-state index in [1.807, 2.05) is 10.9 Å². The molecule has 2 aliphatic rings. The highest BCUT2D eigenvalue weighted by Gasteiger charge is 2.40. The maximum atomic E-state index is 6.13. The van der Waals surface area contributed by atoms with Crippen LogP contribution in [0.15, 0.2) is 6.20 Å². The van der Waals surface area contributed by atoms with Crippen LogP contribution in [0.5, 0.6) is 0 Å². The van der Waals surface area contributed by atoms with Gasteiger partial charge in [-0.2, -0.15) is 0 Å². The second-order valence-corrected chi connectivity index (χ2v) is 6.31. The van der Waals surface area contributed by atoms with Gasteiger partial charge < -0.3 is 15.2 Å². The van der Waals surface area contributed by atoms with Gasteiger partial charge in [0.05, 0.1) is 29.6 Å². The molecule has 0 aromatic carbocycles. The van der Waals surface area contributed by atoms with Crippen molar-refractivity contribution >= 4 is 0 Å². The van der Waals surface area contributed by atoms with E-state index in [9.17, 15) is 0 Å². The van der Waals surface area contributed by atoms with Crippen molar-refractivity contribution in [3.8, 4) is 0 Å². The van der Waals surface area contributed by atoms with Crippen molar-refractivity contribution in [2.75, 3.05) is 19.8 Å². The normalized spacial score (nSPS) is 26.9. The van der Waals surface area contributed by atoms with E-state index in [1.165, 1.54) is 0 Å². The van der Waals surface area contributed by atoms with Crippen LogP contribution in [0.1, 0.15) is 63.2 Å². The molecule has 1 spiro atoms. The summed E-state index contributed by atoms with van der Waals surface area (Å²) >= 11 is 0. The summed E-state index contributed by atoms with van der Waals surface area (Å²) in [5.41, 5.74) is 7.02. The van der Waals surface area contributed by atoms with E-state index in [4.69, 9.17) is 15.2 Å². The Hall–Kier alpha value is -0.980. The van der Waals surface area contributed by atoms with Gasteiger partial charge in [-0.25, -0.2) is 4.68 Å². The fourth-order valence-corrected chi connectivity index (χ4v) is 3.42. The lowest BCUT2D eigenvalue weighted by molar-refractivity contribution is -0.145. The van der Waals surface area contributed by atoms with Gasteiger partial charge in [0.2, 0.25) is 0 Å². The number of ether oxygens (including phenoxy) is 2. The first-order valence-corrected chi connectivity index (χ1v) is 8.11. The quantitative estimate of drug-likeness (QED) is 0.919. The Morgan fingerprint density at radius 2 is 2.24 bits per heavy atom. The molecule has 2 aliphatic heterocycles. The van der Waals surface area contributed by atoms with Crippen molar-refractivity contribution in [1.82, 2.24) is 15.0 Å². The Kier molecular flexibility index (Phi) is 4.57. The summed E-state index contributed by atoms with van der Waals surface area (Å²) in [6.07, 6.45) is 8.02. The Morgan fingerprint density at radius 1 is 1.43 bits per heavy atom. The van der Waals surface area contributed by atoms with E-state index in [0.29, 0.717) is 6.04 Å². The van der Waals surface area contributed by atoms with Crippen molar-refractivity contribution in [3.63, 3.8) is 0 Å². The van der Waals surface area contributed by atoms with Crippen LogP contribution >= 0.6 is 0 Å². The predicted molar refractivity (Wildman–Crippen MR) is 78.9 cm³/mol. The highest BCUT2D eigenvalue weighted by molar-refractivity contribution is 5.01. The molecule has 0 amide bonds. The minimum absolute atomic E-state index is 0.000585. The average Bonchev–Trinajstić information content (AvgIpc) is 2.98. The third kappa shape index (κ3) is 3.27. The minimum Gasteiger partial charge on any atom is -0.381 e. The average molecular weight is 294 g/mol. The molecule has 2 saturated heterocycles. The second kappa shape index (κ2) is 6.42. The monoisotopic (exact) mass is 294 g/mol. The Bertz CT molecular complexity index is 451. The summed E-state index contributed by atoms with van der Waals surface area (Å²) in [5.74, 6) is 0. The van der Waals surface area contributed by atoms with Gasteiger partial charge in [0.15, 0.2) is 0 Å². The maximum Gasteiger partial charge on any atom is 0.0994 e. The van der Waals surface area contributed by atoms with Crippen molar-refractivity contribution in [1.29, 1.82) is 0 Å². The van der Waals surface area contributed by atoms with Crippen LogP contribution < -0.4 is 5.73 Å². The van der Waals surface area contributed by atoms with Gasteiger partial charge in [0.25, 0.3) is 0 Å². The molecule has 0 radical (unpaired) electrons. The van der Waals surface area contributed by atoms with Gasteiger partial charge in [0, 0.05) is 19.8 Å². The predicted octanol–water partition coefficient (Wildman–Crippen LogP) is 1.98. The molecule has 3 rings (SSSR count). The molecule has 0 saturated carbocycles. The highest BCUT2D eigenvalue weighted by atomic mass is 16.5. The molecular weight excluding hydrogens is 268 g/mol. The number of nitrogens with two attached hydrogens (primary N) is 1. The summed E-state index contributed by atoms with van der Waals surface area (Å²) in [6.45, 7) is 4.53. The number of hydrogen-bond donors (Lipinski definition) is 1. The highest BCUT2D eigenvalue weighted by Crippen LogP contribution is 2.38. The molecular formula is C15H26N4O2. The lowest BCUT2D eigenvalue weighted by Gasteiger charge is -2.43. The summed E-state index contributed by atoms with van der Waals surface area (Å²) in [7, 11) is 0. The lowest BCUT2D eigenvalue weighted by atomic mass is 9.84. The molecule has 2 N–H and O–H groups in total. The standard InChI is InChI=1S/C15H26N4O2/c1-2-3-13(16)14-11-19(18-17-14)12-4-7-21-15(10-12)5-8-20-9-6-15/h11-13H,2-10,16H2,1H3. The first-order chi connectivity index (χ1) is 10.2. The van der Waals surface area contributed by atoms with E-state index >= 15 is 0 Å². The first-order valence-electron chi connectivity index (χ1n) is 8.11. The van der Waals surface area contributed by atoms with E-state index in [-0.39, 0.29) is 11.6 Å². The third-order valence-electron chi connectivity index (χ3n) is 4.75. The van der Waals surface area contributed by atoms with Gasteiger partial charge in [-0.15, -0.1) is 5.10 Å². The zero-order chi connectivity index (χ0) is 14.7. The second-order valence-electron chi connectivity index (χ2n) is 6.31. The van der Waals surface area contributed by atoms with Gasteiger partial charge in [-0.1, -0.05) is 18.6 Å². The fraction of sp³-hybridized carbons (Fsp3) is 0.867. The van der Waals surface area contributed by atoms with Gasteiger partial charge in [-0.05, 0) is 32.1 Å². The first kappa shape index (κ1) is 14.9. The van der Waals surface area contributed by atoms with E-state index < -0.39 is 0 Å². The van der Waals surface area contributed by atoms with Crippen molar-refractivity contribution in [2.24, 2.45) is 5.73 Å². The maximum absolute atomic E-state index is 6.13. The summed E-state index contributed by atoms with van der Waals surface area (Å²) < 4.78 is 13.6. The van der Waals surface area contributed by atoms with Gasteiger partial charge in [-0.3, -0.25) is 0 Å². The minimum atomic E-state index is -0.0151. The molecule has 21 heavy (non-hydrogen) atoms. The van der Waals surface area contributed by atoms with Crippen LogP contribution in [0.4, 0.5) is 0 Å². The molecule has 1 aromatic heterocycles. The molecule has 2 fully saturated rings. The van der Waals surface area contributed by atoms with Crippen LogP contribution in [0.25, 0.3) is 0 Å². The molecule has 2 unspecified atom stereocenters. The van der Waals surface area contributed by atoms with E-state index in [1.54, 1.807) is 0 Å². The molecule has 6 nitrogen and oxygen atoms in total. The van der Waals surface area contributed by atoms with Crippen LogP contribution in [0, 0.1) is 0 Å². The number of aromatic nitrogens is 3. The smallest absolute Gasteiger partial charge is 0.0994 e. The molecule has 0 aliphatic carbocycles. The SMILES string of the molecule is CCCC(N)c1cn(C2CCOC3(CCOCC3)C2)nn1. The molecule has 2 atom stereocenters. The van der Waals surface area contributed by atoms with Crippen LogP contribution in [0.3, 0.4) is 0 Å². The zero-order valence-electron chi connectivity index (χ0n) is 12.8. The third-order valence-corrected chi connectivity index (χ3v) is 4.75. The zero-order valence-corrected chi connectivity index (χ0v) is 12.8. The van der Waals surface area contributed by atoms with Crippen LogP contribution in [0.2, 0.25) is 0 Å². The molecule has 6 heteroatoms. The molecule has 118 valence electrons. The summed E-state index contributed by atoms with van der Waals surface area (Å²) in [5, 5.41) is 8.59. The van der Waals surface area contributed by atoms with Crippen LogP contribution in [-0.2, 0) is 9.47 Å². The Balaban J connectivity index is 1.68. The topological polar surface area (TPSA) is 75.2 Å². The summed E-state index contributed by atoms with van der Waals surface area (Å²) in [6, 6.07) is 0.368. The largest absolute Gasteiger partial charge is 0.381 e. The van der Waals surface area contributed by atoms with E-state index in [2.05, 4.69) is 17.2 Å². The van der Waals surface area contributed by atoms with Crippen molar-refractivity contribution < 1.29 is 9.47 Å². The molecule has 1 aromatic rings. The van der Waals surface area contributed by atoms with Crippen molar-refractivity contribution in [3.05, 3.63) is 11.9 Å². The lowest BCUT2D eigenvalue weighted by Crippen LogP contribution is -2.44. The number of rotatable bonds is 4. The van der Waals surface area contributed by atoms with Gasteiger partial charge >= 0.3 is 0 Å². The van der Waals surface area contributed by atoms with Crippen molar-refractivity contribution in [2.45, 2.75) is 63.1 Å². The van der Waals surface area contributed by atoms with E-state index in [0.717, 1.165) is 64.0 Å². The summed E-state index contributed by atoms with van der Waals surface area (Å²) in [4.78, 5) is 0. The van der Waals surface area contributed by atoms with Crippen LogP contribution in [-0.4, -0.2) is 40.4 Å². The van der Waals surface area contributed by atoms with Gasteiger partial charge in [0.1, 0.15) is 0 Å².